The molecule has 4 aromatic rings. The minimum Gasteiger partial charge on any atom is -0.379 e. The molecule has 0 spiro atoms. The Morgan fingerprint density at radius 2 is 2.00 bits per heavy atom. The Bertz CT molecular complexity index is 1270. The van der Waals surface area contributed by atoms with Crippen molar-refractivity contribution in [1.82, 2.24) is 19.4 Å². The van der Waals surface area contributed by atoms with E-state index < -0.39 is 0 Å². The number of fused-ring (bicyclic) bond motifs is 1. The molecule has 0 N–H and O–H groups in total. The summed E-state index contributed by atoms with van der Waals surface area (Å²) < 4.78 is 7.96. The Balaban J connectivity index is 1.33. The van der Waals surface area contributed by atoms with Crippen LogP contribution in [0.2, 0.25) is 0 Å². The van der Waals surface area contributed by atoms with E-state index in [0.29, 0.717) is 32.8 Å². The lowest BCUT2D eigenvalue weighted by atomic mass is 9.97. The third kappa shape index (κ3) is 4.81. The van der Waals surface area contributed by atoms with Crippen LogP contribution in [0.3, 0.4) is 0 Å². The van der Waals surface area contributed by atoms with Crippen LogP contribution in [0.25, 0.3) is 10.9 Å². The van der Waals surface area contributed by atoms with E-state index in [0.717, 1.165) is 34.3 Å². The number of hydrogen-bond donors (Lipinski definition) is 0. The number of imidazole rings is 1. The van der Waals surface area contributed by atoms with Gasteiger partial charge in [0.2, 0.25) is 0 Å². The molecule has 0 radical (unpaired) electrons. The normalized spacial score (nSPS) is 16.6. The standard InChI is InChI=1S/C27H28N4O2/c1-20-28-11-12-30(20)18-24-5-2-3-7-25(24)27(32)31-13-14-33-19-22(17-31)15-21-8-9-26-23(16-21)6-4-10-29-26/h2-12,16,22H,13-15,17-19H2,1H3/t22-/m0/s1. The molecular formula is C27H28N4O2. The molecule has 2 aromatic heterocycles. The second kappa shape index (κ2) is 9.55. The topological polar surface area (TPSA) is 60.2 Å². The fourth-order valence-electron chi connectivity index (χ4n) is 4.57. The van der Waals surface area contributed by atoms with Gasteiger partial charge < -0.3 is 14.2 Å². The van der Waals surface area contributed by atoms with Crippen molar-refractivity contribution in [3.8, 4) is 0 Å². The molecule has 5 rings (SSSR count). The molecule has 3 heterocycles. The summed E-state index contributed by atoms with van der Waals surface area (Å²) in [6, 6.07) is 18.3. The van der Waals surface area contributed by atoms with Gasteiger partial charge in [-0.15, -0.1) is 0 Å². The van der Waals surface area contributed by atoms with Gasteiger partial charge in [-0.3, -0.25) is 9.78 Å². The summed E-state index contributed by atoms with van der Waals surface area (Å²) in [7, 11) is 0. The maximum absolute atomic E-state index is 13.6. The highest BCUT2D eigenvalue weighted by molar-refractivity contribution is 5.95. The van der Waals surface area contributed by atoms with Crippen LogP contribution in [0.15, 0.2) is 73.2 Å². The molecule has 2 aromatic carbocycles. The number of carbonyl (C=O) groups excluding carboxylic acids is 1. The van der Waals surface area contributed by atoms with Gasteiger partial charge in [-0.2, -0.15) is 0 Å². The second-order valence-electron chi connectivity index (χ2n) is 8.69. The van der Waals surface area contributed by atoms with Crippen molar-refractivity contribution in [2.75, 3.05) is 26.3 Å². The predicted octanol–water partition coefficient (Wildman–Crippen LogP) is 4.12. The van der Waals surface area contributed by atoms with Crippen LogP contribution < -0.4 is 0 Å². The van der Waals surface area contributed by atoms with Gasteiger partial charge >= 0.3 is 0 Å². The monoisotopic (exact) mass is 440 g/mol. The van der Waals surface area contributed by atoms with Gasteiger partial charge in [0.25, 0.3) is 5.91 Å². The average Bonchev–Trinajstić information content (AvgIpc) is 3.10. The van der Waals surface area contributed by atoms with Gasteiger partial charge in [-0.05, 0) is 48.7 Å². The van der Waals surface area contributed by atoms with E-state index in [9.17, 15) is 4.79 Å². The Labute approximate surface area is 193 Å². The van der Waals surface area contributed by atoms with E-state index in [1.54, 1.807) is 6.20 Å². The predicted molar refractivity (Wildman–Crippen MR) is 128 cm³/mol. The van der Waals surface area contributed by atoms with E-state index in [2.05, 4.69) is 38.8 Å². The third-order valence-corrected chi connectivity index (χ3v) is 6.33. The van der Waals surface area contributed by atoms with Crippen LogP contribution in [0.4, 0.5) is 0 Å². The molecule has 1 fully saturated rings. The molecule has 0 aliphatic carbocycles. The fourth-order valence-corrected chi connectivity index (χ4v) is 4.57. The molecule has 168 valence electrons. The van der Waals surface area contributed by atoms with Crippen molar-refractivity contribution in [1.29, 1.82) is 0 Å². The Morgan fingerprint density at radius 1 is 1.09 bits per heavy atom. The zero-order chi connectivity index (χ0) is 22.6. The van der Waals surface area contributed by atoms with Crippen molar-refractivity contribution >= 4 is 16.8 Å². The molecule has 0 bridgehead atoms. The minimum absolute atomic E-state index is 0.0709. The van der Waals surface area contributed by atoms with Crippen LogP contribution in [0.1, 0.15) is 27.3 Å². The SMILES string of the molecule is Cc1nccn1Cc1ccccc1C(=O)N1CCOC[C@@H](Cc2ccc3ncccc3c2)C1. The molecule has 1 atom stereocenters. The number of aromatic nitrogens is 3. The highest BCUT2D eigenvalue weighted by atomic mass is 16.5. The largest absolute Gasteiger partial charge is 0.379 e. The summed E-state index contributed by atoms with van der Waals surface area (Å²) in [5, 5.41) is 1.14. The quantitative estimate of drug-likeness (QED) is 0.468. The lowest BCUT2D eigenvalue weighted by Crippen LogP contribution is -2.37. The van der Waals surface area contributed by atoms with Crippen molar-refractivity contribution in [2.24, 2.45) is 5.92 Å². The Kier molecular flexibility index (Phi) is 6.17. The number of nitrogens with zero attached hydrogens (tertiary/aromatic N) is 4. The van der Waals surface area contributed by atoms with Crippen molar-refractivity contribution in [3.63, 3.8) is 0 Å². The molecule has 1 aliphatic rings. The Morgan fingerprint density at radius 3 is 2.88 bits per heavy atom. The van der Waals surface area contributed by atoms with Crippen molar-refractivity contribution in [2.45, 2.75) is 19.9 Å². The smallest absolute Gasteiger partial charge is 0.254 e. The van der Waals surface area contributed by atoms with E-state index in [1.807, 2.05) is 54.5 Å². The molecule has 0 saturated carbocycles. The zero-order valence-corrected chi connectivity index (χ0v) is 18.9. The van der Waals surface area contributed by atoms with Crippen LogP contribution in [-0.4, -0.2) is 51.6 Å². The first-order valence-corrected chi connectivity index (χ1v) is 11.4. The van der Waals surface area contributed by atoms with Gasteiger partial charge in [-0.25, -0.2) is 4.98 Å². The summed E-state index contributed by atoms with van der Waals surface area (Å²) in [5.41, 5.74) is 4.00. The number of ether oxygens (including phenoxy) is 1. The number of rotatable bonds is 5. The van der Waals surface area contributed by atoms with Crippen molar-refractivity contribution < 1.29 is 9.53 Å². The number of benzene rings is 2. The Hall–Kier alpha value is -3.51. The molecule has 6 heteroatoms. The van der Waals surface area contributed by atoms with E-state index >= 15 is 0 Å². The molecule has 1 amide bonds. The lowest BCUT2D eigenvalue weighted by molar-refractivity contribution is 0.0736. The molecule has 0 unspecified atom stereocenters. The second-order valence-corrected chi connectivity index (χ2v) is 8.69. The van der Waals surface area contributed by atoms with Crippen LogP contribution >= 0.6 is 0 Å². The molecule has 33 heavy (non-hydrogen) atoms. The van der Waals surface area contributed by atoms with E-state index in [4.69, 9.17) is 4.74 Å². The van der Waals surface area contributed by atoms with Gasteiger partial charge in [0.15, 0.2) is 0 Å². The summed E-state index contributed by atoms with van der Waals surface area (Å²) in [6.07, 6.45) is 6.42. The van der Waals surface area contributed by atoms with Crippen molar-refractivity contribution in [3.05, 3.63) is 95.7 Å². The number of hydrogen-bond acceptors (Lipinski definition) is 4. The van der Waals surface area contributed by atoms with Gasteiger partial charge in [0.1, 0.15) is 5.82 Å². The summed E-state index contributed by atoms with van der Waals surface area (Å²) in [6.45, 7) is 5.12. The number of carbonyl (C=O) groups is 1. The highest BCUT2D eigenvalue weighted by Crippen LogP contribution is 2.21. The highest BCUT2D eigenvalue weighted by Gasteiger charge is 2.25. The summed E-state index contributed by atoms with van der Waals surface area (Å²) >= 11 is 0. The zero-order valence-electron chi connectivity index (χ0n) is 18.9. The van der Waals surface area contributed by atoms with E-state index in [-0.39, 0.29) is 11.8 Å². The number of pyridine rings is 1. The average molecular weight is 441 g/mol. The molecule has 6 nitrogen and oxygen atoms in total. The molecular weight excluding hydrogens is 412 g/mol. The van der Waals surface area contributed by atoms with Crippen LogP contribution in [0, 0.1) is 12.8 Å². The summed E-state index contributed by atoms with van der Waals surface area (Å²) in [4.78, 5) is 24.3. The first-order chi connectivity index (χ1) is 16.2. The fraction of sp³-hybridized carbons (Fsp3) is 0.296. The third-order valence-electron chi connectivity index (χ3n) is 6.33. The van der Waals surface area contributed by atoms with Crippen LogP contribution in [-0.2, 0) is 17.7 Å². The minimum atomic E-state index is 0.0709. The molecule has 1 saturated heterocycles. The molecule has 1 aliphatic heterocycles. The maximum atomic E-state index is 13.6. The summed E-state index contributed by atoms with van der Waals surface area (Å²) in [5.74, 6) is 1.25. The maximum Gasteiger partial charge on any atom is 0.254 e. The van der Waals surface area contributed by atoms with Gasteiger partial charge in [0.05, 0.1) is 18.7 Å². The van der Waals surface area contributed by atoms with E-state index in [1.165, 1.54) is 5.56 Å². The van der Waals surface area contributed by atoms with Gasteiger partial charge in [-0.1, -0.05) is 30.3 Å². The first-order valence-electron chi connectivity index (χ1n) is 11.4. The van der Waals surface area contributed by atoms with Gasteiger partial charge in [0, 0.05) is 55.1 Å². The number of aryl methyl sites for hydroxylation is 1. The first kappa shape index (κ1) is 21.3. The lowest BCUT2D eigenvalue weighted by Gasteiger charge is -2.25. The number of amides is 1. The van der Waals surface area contributed by atoms with Crippen LogP contribution in [0.5, 0.6) is 0 Å².